The lowest BCUT2D eigenvalue weighted by molar-refractivity contribution is -0.147. The maximum atomic E-state index is 10.7. The van der Waals surface area contributed by atoms with Crippen molar-refractivity contribution in [2.24, 2.45) is 5.92 Å². The Morgan fingerprint density at radius 3 is 2.64 bits per heavy atom. The number of rotatable bonds is 2. The number of hydrogen-bond acceptors (Lipinski definition) is 4. The van der Waals surface area contributed by atoms with Gasteiger partial charge in [-0.25, -0.2) is 4.79 Å². The summed E-state index contributed by atoms with van der Waals surface area (Å²) in [5, 5.41) is 8.26. The van der Waals surface area contributed by atoms with Crippen molar-refractivity contribution < 1.29 is 24.2 Å². The largest absolute Gasteiger partial charge is 0.481 e. The van der Waals surface area contributed by atoms with Crippen molar-refractivity contribution >= 4 is 17.7 Å². The number of hydrogen-bond donors (Lipinski definition) is 1. The van der Waals surface area contributed by atoms with E-state index in [0.29, 0.717) is 0 Å². The summed E-state index contributed by atoms with van der Waals surface area (Å²) >= 11 is 0. The number of esters is 1. The van der Waals surface area contributed by atoms with Crippen molar-refractivity contribution in [3.63, 3.8) is 0 Å². The molecule has 1 aliphatic heterocycles. The van der Waals surface area contributed by atoms with E-state index in [9.17, 15) is 14.4 Å². The van der Waals surface area contributed by atoms with Gasteiger partial charge in [-0.3, -0.25) is 9.59 Å². The average Bonchev–Trinajstić information content (AvgIpc) is 2.18. The van der Waals surface area contributed by atoms with Crippen LogP contribution in [0.1, 0.15) is 6.42 Å². The van der Waals surface area contributed by atoms with Crippen LogP contribution in [0.15, 0.2) is 0 Å². The number of carboxylic acid groups (broad SMARTS) is 1. The van der Waals surface area contributed by atoms with Crippen LogP contribution in [-0.4, -0.2) is 29.4 Å². The molecule has 1 unspecified atom stereocenters. The summed E-state index contributed by atoms with van der Waals surface area (Å²) < 4.78 is 4.33. The Labute approximate surface area is 62.0 Å². The topological polar surface area (TPSA) is 80.7 Å². The van der Waals surface area contributed by atoms with E-state index >= 15 is 0 Å². The average molecular weight is 158 g/mol. The highest BCUT2D eigenvalue weighted by molar-refractivity contribution is 6.36. The molecule has 0 spiro atoms. The van der Waals surface area contributed by atoms with E-state index < -0.39 is 23.6 Å². The summed E-state index contributed by atoms with van der Waals surface area (Å²) in [6, 6.07) is 0. The minimum Gasteiger partial charge on any atom is -0.481 e. The van der Waals surface area contributed by atoms with Crippen molar-refractivity contribution in [3.8, 4) is 0 Å². The number of carbonyl (C=O) groups is 3. The zero-order valence-corrected chi connectivity index (χ0v) is 5.57. The Morgan fingerprint density at radius 2 is 2.27 bits per heavy atom. The SMILES string of the molecule is O=C(O)CC1COC(=O)C1=O. The van der Waals surface area contributed by atoms with E-state index in [-0.39, 0.29) is 13.0 Å². The number of ether oxygens (including phenoxy) is 1. The maximum Gasteiger partial charge on any atom is 0.375 e. The van der Waals surface area contributed by atoms with Gasteiger partial charge in [-0.05, 0) is 0 Å². The molecule has 1 aliphatic rings. The lowest BCUT2D eigenvalue weighted by Crippen LogP contribution is -2.17. The normalized spacial score (nSPS) is 23.5. The third-order valence-electron chi connectivity index (χ3n) is 1.41. The van der Waals surface area contributed by atoms with Crippen LogP contribution in [0.3, 0.4) is 0 Å². The highest BCUT2D eigenvalue weighted by Crippen LogP contribution is 2.13. The van der Waals surface area contributed by atoms with E-state index in [1.165, 1.54) is 0 Å². The first-order valence-corrected chi connectivity index (χ1v) is 3.04. The Morgan fingerprint density at radius 1 is 1.64 bits per heavy atom. The molecule has 0 aromatic carbocycles. The third-order valence-corrected chi connectivity index (χ3v) is 1.41. The molecule has 5 nitrogen and oxygen atoms in total. The van der Waals surface area contributed by atoms with E-state index in [4.69, 9.17) is 5.11 Å². The minimum atomic E-state index is -1.10. The third kappa shape index (κ3) is 1.54. The monoisotopic (exact) mass is 158 g/mol. The molecule has 0 aromatic heterocycles. The van der Waals surface area contributed by atoms with E-state index in [1.54, 1.807) is 0 Å². The first-order chi connectivity index (χ1) is 5.11. The minimum absolute atomic E-state index is 0.0933. The molecule has 1 heterocycles. The number of cyclic esters (lactones) is 1. The lowest BCUT2D eigenvalue weighted by atomic mass is 10.0. The van der Waals surface area contributed by atoms with Crippen molar-refractivity contribution in [1.29, 1.82) is 0 Å². The zero-order valence-electron chi connectivity index (χ0n) is 5.57. The highest BCUT2D eigenvalue weighted by Gasteiger charge is 2.35. The summed E-state index contributed by atoms with van der Waals surface area (Å²) in [5.74, 6) is -3.52. The number of Topliss-reactive ketones (excluding diaryl/α,β-unsaturated/α-hetero) is 1. The smallest absolute Gasteiger partial charge is 0.375 e. The summed E-state index contributed by atoms with van der Waals surface area (Å²) in [6.45, 7) is -0.0933. The van der Waals surface area contributed by atoms with Gasteiger partial charge in [0.1, 0.15) is 6.61 Å². The van der Waals surface area contributed by atoms with Crippen LogP contribution < -0.4 is 0 Å². The van der Waals surface area contributed by atoms with Gasteiger partial charge in [0.2, 0.25) is 5.78 Å². The van der Waals surface area contributed by atoms with Gasteiger partial charge in [-0.15, -0.1) is 0 Å². The standard InChI is InChI=1S/C6H6O5/c7-4(8)1-3-2-11-6(10)5(3)9/h3H,1-2H2,(H,7,8). The fourth-order valence-electron chi connectivity index (χ4n) is 0.852. The second kappa shape index (κ2) is 2.69. The Balaban J connectivity index is 2.55. The molecular weight excluding hydrogens is 152 g/mol. The molecule has 5 heteroatoms. The molecule has 0 amide bonds. The summed E-state index contributed by atoms with van der Waals surface area (Å²) in [7, 11) is 0. The van der Waals surface area contributed by atoms with E-state index in [1.807, 2.05) is 0 Å². The Hall–Kier alpha value is -1.39. The van der Waals surface area contributed by atoms with Gasteiger partial charge in [-0.2, -0.15) is 0 Å². The van der Waals surface area contributed by atoms with Crippen LogP contribution in [-0.2, 0) is 19.1 Å². The van der Waals surface area contributed by atoms with E-state index in [2.05, 4.69) is 4.74 Å². The van der Waals surface area contributed by atoms with Gasteiger partial charge in [-0.1, -0.05) is 0 Å². The Kier molecular flexibility index (Phi) is 1.89. The summed E-state index contributed by atoms with van der Waals surface area (Å²) in [5.41, 5.74) is 0. The van der Waals surface area contributed by atoms with Gasteiger partial charge in [0.15, 0.2) is 0 Å². The first-order valence-electron chi connectivity index (χ1n) is 3.04. The van der Waals surface area contributed by atoms with Crippen LogP contribution in [0.5, 0.6) is 0 Å². The van der Waals surface area contributed by atoms with Crippen LogP contribution >= 0.6 is 0 Å². The summed E-state index contributed by atoms with van der Waals surface area (Å²) in [6.07, 6.45) is -0.329. The number of carboxylic acids is 1. The number of aliphatic carboxylic acids is 1. The first kappa shape index (κ1) is 7.71. The highest BCUT2D eigenvalue weighted by atomic mass is 16.5. The molecule has 0 aliphatic carbocycles. The second-order valence-electron chi connectivity index (χ2n) is 2.26. The number of carbonyl (C=O) groups excluding carboxylic acids is 2. The predicted molar refractivity (Wildman–Crippen MR) is 31.7 cm³/mol. The second-order valence-corrected chi connectivity index (χ2v) is 2.26. The van der Waals surface area contributed by atoms with Crippen LogP contribution in [0.2, 0.25) is 0 Å². The maximum absolute atomic E-state index is 10.7. The molecule has 0 aromatic rings. The van der Waals surface area contributed by atoms with Crippen LogP contribution in [0.4, 0.5) is 0 Å². The van der Waals surface area contributed by atoms with Crippen LogP contribution in [0, 0.1) is 5.92 Å². The lowest BCUT2D eigenvalue weighted by Gasteiger charge is -1.96. The molecule has 11 heavy (non-hydrogen) atoms. The fourth-order valence-corrected chi connectivity index (χ4v) is 0.852. The Bertz CT molecular complexity index is 219. The quantitative estimate of drug-likeness (QED) is 0.420. The van der Waals surface area contributed by atoms with Gasteiger partial charge in [0.05, 0.1) is 12.3 Å². The van der Waals surface area contributed by atoms with Crippen molar-refractivity contribution in [2.45, 2.75) is 6.42 Å². The van der Waals surface area contributed by atoms with Gasteiger partial charge < -0.3 is 9.84 Å². The van der Waals surface area contributed by atoms with E-state index in [0.717, 1.165) is 0 Å². The molecule has 0 saturated carbocycles. The van der Waals surface area contributed by atoms with Crippen LogP contribution in [0.25, 0.3) is 0 Å². The molecular formula is C6H6O5. The molecule has 1 rings (SSSR count). The van der Waals surface area contributed by atoms with Gasteiger partial charge >= 0.3 is 11.9 Å². The molecule has 0 radical (unpaired) electrons. The molecule has 1 saturated heterocycles. The molecule has 0 bridgehead atoms. The summed E-state index contributed by atoms with van der Waals surface area (Å²) in [4.78, 5) is 31.2. The molecule has 1 atom stereocenters. The van der Waals surface area contributed by atoms with Crippen molar-refractivity contribution in [2.75, 3.05) is 6.61 Å². The molecule has 1 fully saturated rings. The predicted octanol–water partition coefficient (Wildman–Crippen LogP) is -0.797. The fraction of sp³-hybridized carbons (Fsp3) is 0.500. The molecule has 1 N–H and O–H groups in total. The van der Waals surface area contributed by atoms with Gasteiger partial charge in [0, 0.05) is 0 Å². The van der Waals surface area contributed by atoms with Gasteiger partial charge in [0.25, 0.3) is 0 Å². The van der Waals surface area contributed by atoms with Crippen molar-refractivity contribution in [3.05, 3.63) is 0 Å². The zero-order chi connectivity index (χ0) is 8.43. The number of ketones is 1. The molecule has 60 valence electrons. The van der Waals surface area contributed by atoms with Crippen molar-refractivity contribution in [1.82, 2.24) is 0 Å².